The van der Waals surface area contributed by atoms with Crippen molar-refractivity contribution in [2.45, 2.75) is 64.2 Å². The van der Waals surface area contributed by atoms with Gasteiger partial charge in [0.25, 0.3) is 0 Å². The quantitative estimate of drug-likeness (QED) is 0.422. The molecule has 2 aromatic carbocycles. The van der Waals surface area contributed by atoms with E-state index in [1.807, 2.05) is 12.1 Å². The van der Waals surface area contributed by atoms with Gasteiger partial charge in [0.2, 0.25) is 0 Å². The van der Waals surface area contributed by atoms with E-state index in [1.165, 1.54) is 60.7 Å². The maximum absolute atomic E-state index is 13.6. The van der Waals surface area contributed by atoms with E-state index in [0.717, 1.165) is 11.1 Å². The zero-order valence-electron chi connectivity index (χ0n) is 16.3. The summed E-state index contributed by atoms with van der Waals surface area (Å²) in [6.45, 7) is 4.54. The molecule has 1 aromatic heterocycles. The largest absolute Gasteiger partial charge is 0.252 e. The number of halogens is 1. The van der Waals surface area contributed by atoms with Gasteiger partial charge in [-0.15, -0.1) is 0 Å². The first-order valence-electron chi connectivity index (χ1n) is 10.4. The van der Waals surface area contributed by atoms with Gasteiger partial charge in [-0.25, -0.2) is 4.39 Å². The van der Waals surface area contributed by atoms with Gasteiger partial charge in [0.15, 0.2) is 0 Å². The first kappa shape index (κ1) is 18.2. The maximum atomic E-state index is 13.6. The van der Waals surface area contributed by atoms with Crippen molar-refractivity contribution in [1.82, 2.24) is 4.98 Å². The minimum Gasteiger partial charge on any atom is -0.252 e. The van der Waals surface area contributed by atoms with Crippen LogP contribution in [0.15, 0.2) is 48.5 Å². The number of nitrogens with zero attached hydrogens (tertiary/aromatic N) is 1. The van der Waals surface area contributed by atoms with Crippen LogP contribution in [0.5, 0.6) is 0 Å². The molecule has 0 spiro atoms. The summed E-state index contributed by atoms with van der Waals surface area (Å²) in [7, 11) is 0. The molecule has 0 aliphatic heterocycles. The lowest BCUT2D eigenvalue weighted by Gasteiger charge is -2.25. The standard InChI is InChI=1S/C25H28FN/c1-3-7-17(8-4-2)24-23(18-13-15-20(26)16-14-18)21-9-5-6-10-22(21)27-25(24)19-11-12-19/h5-6,9-10,13-17,19H,3-4,7-8,11-12H2,1-2H3. The molecule has 1 nitrogen and oxygen atoms in total. The smallest absolute Gasteiger partial charge is 0.123 e. The molecule has 27 heavy (non-hydrogen) atoms. The van der Waals surface area contributed by atoms with Gasteiger partial charge in [0, 0.05) is 17.0 Å². The Hall–Kier alpha value is -2.22. The Morgan fingerprint density at radius 3 is 2.26 bits per heavy atom. The lowest BCUT2D eigenvalue weighted by Crippen LogP contribution is -2.08. The molecule has 0 atom stereocenters. The van der Waals surface area contributed by atoms with Gasteiger partial charge >= 0.3 is 0 Å². The summed E-state index contributed by atoms with van der Waals surface area (Å²) in [5, 5.41) is 1.20. The zero-order valence-corrected chi connectivity index (χ0v) is 16.3. The van der Waals surface area contributed by atoms with Crippen LogP contribution in [0, 0.1) is 5.82 Å². The number of aromatic nitrogens is 1. The third kappa shape index (κ3) is 3.63. The summed E-state index contributed by atoms with van der Waals surface area (Å²) in [5.41, 5.74) is 6.21. The molecule has 1 saturated carbocycles. The van der Waals surface area contributed by atoms with Crippen molar-refractivity contribution in [1.29, 1.82) is 0 Å². The van der Waals surface area contributed by atoms with E-state index in [0.29, 0.717) is 11.8 Å². The van der Waals surface area contributed by atoms with Gasteiger partial charge in [-0.1, -0.05) is 57.0 Å². The molecule has 0 radical (unpaired) electrons. The van der Waals surface area contributed by atoms with Crippen molar-refractivity contribution >= 4 is 10.9 Å². The van der Waals surface area contributed by atoms with Gasteiger partial charge in [-0.3, -0.25) is 4.98 Å². The number of pyridine rings is 1. The van der Waals surface area contributed by atoms with Gasteiger partial charge in [0.1, 0.15) is 5.82 Å². The van der Waals surface area contributed by atoms with Crippen LogP contribution in [0.2, 0.25) is 0 Å². The summed E-state index contributed by atoms with van der Waals surface area (Å²) in [5.74, 6) is 0.938. The summed E-state index contributed by atoms with van der Waals surface area (Å²) in [4.78, 5) is 5.15. The fraction of sp³-hybridized carbons (Fsp3) is 0.400. The average Bonchev–Trinajstić information content (AvgIpc) is 3.52. The van der Waals surface area contributed by atoms with Crippen LogP contribution in [0.3, 0.4) is 0 Å². The summed E-state index contributed by atoms with van der Waals surface area (Å²) in [6.07, 6.45) is 7.19. The topological polar surface area (TPSA) is 12.9 Å². The van der Waals surface area contributed by atoms with E-state index in [1.54, 1.807) is 12.1 Å². The maximum Gasteiger partial charge on any atom is 0.123 e. The fourth-order valence-corrected chi connectivity index (χ4v) is 4.38. The molecule has 4 rings (SSSR count). The van der Waals surface area contributed by atoms with Crippen molar-refractivity contribution < 1.29 is 4.39 Å². The molecule has 1 aliphatic rings. The molecule has 0 unspecified atom stereocenters. The van der Waals surface area contributed by atoms with E-state index in [4.69, 9.17) is 4.98 Å². The van der Waals surface area contributed by atoms with Crippen LogP contribution in [-0.4, -0.2) is 4.98 Å². The Labute approximate surface area is 161 Å². The van der Waals surface area contributed by atoms with Crippen molar-refractivity contribution in [2.24, 2.45) is 0 Å². The number of fused-ring (bicyclic) bond motifs is 1. The molecule has 140 valence electrons. The highest BCUT2D eigenvalue weighted by atomic mass is 19.1. The molecular formula is C25H28FN. The molecule has 0 amide bonds. The van der Waals surface area contributed by atoms with E-state index < -0.39 is 0 Å². The Bertz CT molecular complexity index is 919. The number of hydrogen-bond donors (Lipinski definition) is 0. The van der Waals surface area contributed by atoms with Crippen LogP contribution in [0.4, 0.5) is 4.39 Å². The molecule has 3 aromatic rings. The molecule has 0 N–H and O–H groups in total. The molecule has 2 heteroatoms. The van der Waals surface area contributed by atoms with Crippen LogP contribution in [-0.2, 0) is 0 Å². The second-order valence-corrected chi connectivity index (χ2v) is 7.86. The van der Waals surface area contributed by atoms with Crippen molar-refractivity contribution in [3.8, 4) is 11.1 Å². The minimum absolute atomic E-state index is 0.181. The molecular weight excluding hydrogens is 333 g/mol. The molecule has 1 aliphatic carbocycles. The monoisotopic (exact) mass is 361 g/mol. The van der Waals surface area contributed by atoms with Crippen LogP contribution < -0.4 is 0 Å². The normalized spacial score (nSPS) is 14.2. The first-order valence-corrected chi connectivity index (χ1v) is 10.4. The predicted octanol–water partition coefficient (Wildman–Crippen LogP) is 7.60. The van der Waals surface area contributed by atoms with E-state index in [-0.39, 0.29) is 5.82 Å². The van der Waals surface area contributed by atoms with Gasteiger partial charge < -0.3 is 0 Å². The second kappa shape index (κ2) is 7.80. The number of para-hydroxylation sites is 1. The fourth-order valence-electron chi connectivity index (χ4n) is 4.38. The van der Waals surface area contributed by atoms with Crippen LogP contribution in [0.25, 0.3) is 22.0 Å². The molecule has 1 fully saturated rings. The van der Waals surface area contributed by atoms with Crippen molar-refractivity contribution in [3.63, 3.8) is 0 Å². The predicted molar refractivity (Wildman–Crippen MR) is 112 cm³/mol. The average molecular weight is 362 g/mol. The van der Waals surface area contributed by atoms with Gasteiger partial charge in [0.05, 0.1) is 5.52 Å². The van der Waals surface area contributed by atoms with Crippen molar-refractivity contribution in [3.05, 3.63) is 65.6 Å². The number of benzene rings is 2. The SMILES string of the molecule is CCCC(CCC)c1c(C2CC2)nc2ccccc2c1-c1ccc(F)cc1. The number of hydrogen-bond acceptors (Lipinski definition) is 1. The van der Waals surface area contributed by atoms with Gasteiger partial charge in [-0.05, 0) is 66.5 Å². The Morgan fingerprint density at radius 1 is 0.963 bits per heavy atom. The van der Waals surface area contributed by atoms with E-state index in [2.05, 4.69) is 38.1 Å². The molecule has 1 heterocycles. The Balaban J connectivity index is 2.03. The third-order valence-corrected chi connectivity index (χ3v) is 5.74. The highest BCUT2D eigenvalue weighted by molar-refractivity contribution is 5.97. The minimum atomic E-state index is -0.181. The zero-order chi connectivity index (χ0) is 18.8. The van der Waals surface area contributed by atoms with Crippen LogP contribution >= 0.6 is 0 Å². The van der Waals surface area contributed by atoms with Gasteiger partial charge in [-0.2, -0.15) is 0 Å². The highest BCUT2D eigenvalue weighted by Crippen LogP contribution is 2.48. The third-order valence-electron chi connectivity index (χ3n) is 5.74. The van der Waals surface area contributed by atoms with E-state index in [9.17, 15) is 4.39 Å². The first-order chi connectivity index (χ1) is 13.2. The molecule has 0 saturated heterocycles. The lowest BCUT2D eigenvalue weighted by molar-refractivity contribution is 0.556. The Morgan fingerprint density at radius 2 is 1.63 bits per heavy atom. The lowest BCUT2D eigenvalue weighted by atomic mass is 9.81. The summed E-state index contributed by atoms with van der Waals surface area (Å²) < 4.78 is 13.6. The Kier molecular flexibility index (Phi) is 5.24. The second-order valence-electron chi connectivity index (χ2n) is 7.86. The van der Waals surface area contributed by atoms with E-state index >= 15 is 0 Å². The molecule has 0 bridgehead atoms. The highest BCUT2D eigenvalue weighted by Gasteiger charge is 2.32. The number of rotatable bonds is 7. The van der Waals surface area contributed by atoms with Crippen molar-refractivity contribution in [2.75, 3.05) is 0 Å². The van der Waals surface area contributed by atoms with Crippen LogP contribution in [0.1, 0.15) is 75.5 Å². The summed E-state index contributed by atoms with van der Waals surface area (Å²) >= 11 is 0. The summed E-state index contributed by atoms with van der Waals surface area (Å²) in [6, 6.07) is 15.5.